The maximum Gasteiger partial charge on any atom is 0.258 e. The molecule has 0 aliphatic carbocycles. The molecular formula is C19H21NO4. The Morgan fingerprint density at radius 2 is 1.62 bits per heavy atom. The van der Waals surface area contributed by atoms with Gasteiger partial charge in [0.25, 0.3) is 5.91 Å². The van der Waals surface area contributed by atoms with Crippen molar-refractivity contribution in [2.24, 2.45) is 0 Å². The predicted molar refractivity (Wildman–Crippen MR) is 91.2 cm³/mol. The summed E-state index contributed by atoms with van der Waals surface area (Å²) in [6, 6.07) is 16.1. The van der Waals surface area contributed by atoms with Gasteiger partial charge in [0.15, 0.2) is 23.9 Å². The highest BCUT2D eigenvalue weighted by atomic mass is 16.5. The largest absolute Gasteiger partial charge is 0.493 e. The van der Waals surface area contributed by atoms with E-state index >= 15 is 0 Å². The molecule has 0 fully saturated rings. The van der Waals surface area contributed by atoms with E-state index in [4.69, 9.17) is 9.47 Å². The number of methoxy groups -OCH3 is 1. The summed E-state index contributed by atoms with van der Waals surface area (Å²) in [4.78, 5) is 23.9. The van der Waals surface area contributed by atoms with E-state index in [2.05, 4.69) is 5.32 Å². The first-order chi connectivity index (χ1) is 11.6. The predicted octanol–water partition coefficient (Wildman–Crippen LogP) is 2.39. The lowest BCUT2D eigenvalue weighted by Gasteiger charge is -2.17. The number of rotatable bonds is 8. The molecule has 1 atom stereocenters. The van der Waals surface area contributed by atoms with Gasteiger partial charge in [0, 0.05) is 0 Å². The van der Waals surface area contributed by atoms with Crippen LogP contribution in [0.2, 0.25) is 0 Å². The maximum atomic E-state index is 12.1. The summed E-state index contributed by atoms with van der Waals surface area (Å²) in [6.07, 6.45) is 0.455. The van der Waals surface area contributed by atoms with Crippen LogP contribution in [0.4, 0.5) is 0 Å². The number of carbonyl (C=O) groups excluding carboxylic acids is 2. The van der Waals surface area contributed by atoms with E-state index in [1.807, 2.05) is 36.4 Å². The Kier molecular flexibility index (Phi) is 6.37. The van der Waals surface area contributed by atoms with Crippen LogP contribution in [0.3, 0.4) is 0 Å². The number of para-hydroxylation sites is 2. The normalized spacial score (nSPS) is 11.4. The van der Waals surface area contributed by atoms with Crippen molar-refractivity contribution in [3.05, 3.63) is 60.2 Å². The van der Waals surface area contributed by atoms with E-state index in [-0.39, 0.29) is 18.3 Å². The van der Waals surface area contributed by atoms with Crippen molar-refractivity contribution in [1.82, 2.24) is 5.32 Å². The van der Waals surface area contributed by atoms with E-state index < -0.39 is 6.04 Å². The van der Waals surface area contributed by atoms with Crippen LogP contribution in [0, 0.1) is 0 Å². The molecule has 0 aromatic heterocycles. The molecule has 0 unspecified atom stereocenters. The van der Waals surface area contributed by atoms with Gasteiger partial charge in [-0.3, -0.25) is 9.59 Å². The second-order valence-electron chi connectivity index (χ2n) is 5.36. The minimum Gasteiger partial charge on any atom is -0.493 e. The second-order valence-corrected chi connectivity index (χ2v) is 5.36. The number of nitrogens with one attached hydrogen (secondary N) is 1. The third-order valence-corrected chi connectivity index (χ3v) is 3.54. The fourth-order valence-electron chi connectivity index (χ4n) is 2.26. The molecule has 24 heavy (non-hydrogen) atoms. The highest BCUT2D eigenvalue weighted by Gasteiger charge is 2.18. The van der Waals surface area contributed by atoms with Gasteiger partial charge in [-0.1, -0.05) is 42.5 Å². The highest BCUT2D eigenvalue weighted by molar-refractivity contribution is 5.88. The quantitative estimate of drug-likeness (QED) is 0.808. The first-order valence-corrected chi connectivity index (χ1v) is 7.69. The summed E-state index contributed by atoms with van der Waals surface area (Å²) >= 11 is 0. The molecule has 5 nitrogen and oxygen atoms in total. The van der Waals surface area contributed by atoms with Crippen molar-refractivity contribution in [3.63, 3.8) is 0 Å². The number of ether oxygens (including phenoxy) is 2. The summed E-state index contributed by atoms with van der Waals surface area (Å²) < 4.78 is 10.6. The molecule has 2 aromatic rings. The average molecular weight is 327 g/mol. The van der Waals surface area contributed by atoms with Crippen LogP contribution < -0.4 is 14.8 Å². The lowest BCUT2D eigenvalue weighted by molar-refractivity contribution is -0.128. The first kappa shape index (κ1) is 17.5. The number of amides is 1. The average Bonchev–Trinajstić information content (AvgIpc) is 2.60. The first-order valence-electron chi connectivity index (χ1n) is 7.69. The summed E-state index contributed by atoms with van der Waals surface area (Å²) in [5.74, 6) is 0.594. The Bertz CT molecular complexity index is 685. The van der Waals surface area contributed by atoms with Crippen molar-refractivity contribution in [3.8, 4) is 11.5 Å². The van der Waals surface area contributed by atoms with Crippen molar-refractivity contribution < 1.29 is 19.1 Å². The number of ketones is 1. The van der Waals surface area contributed by atoms with Crippen LogP contribution in [0.5, 0.6) is 11.5 Å². The van der Waals surface area contributed by atoms with Crippen molar-refractivity contribution in [2.75, 3.05) is 13.7 Å². The van der Waals surface area contributed by atoms with Gasteiger partial charge in [0.2, 0.25) is 0 Å². The highest BCUT2D eigenvalue weighted by Crippen LogP contribution is 2.25. The summed E-state index contributed by atoms with van der Waals surface area (Å²) in [5, 5.41) is 2.72. The molecule has 0 heterocycles. The van der Waals surface area contributed by atoms with Gasteiger partial charge in [-0.25, -0.2) is 0 Å². The van der Waals surface area contributed by atoms with Crippen molar-refractivity contribution in [1.29, 1.82) is 0 Å². The molecule has 126 valence electrons. The molecule has 1 amide bonds. The van der Waals surface area contributed by atoms with E-state index in [1.54, 1.807) is 18.2 Å². The molecule has 0 aliphatic rings. The fourth-order valence-corrected chi connectivity index (χ4v) is 2.26. The van der Waals surface area contributed by atoms with Crippen LogP contribution in [-0.4, -0.2) is 31.4 Å². The van der Waals surface area contributed by atoms with Gasteiger partial charge in [-0.05, 0) is 31.0 Å². The van der Waals surface area contributed by atoms with Crippen LogP contribution in [0.1, 0.15) is 12.5 Å². The number of hydrogen-bond acceptors (Lipinski definition) is 4. The van der Waals surface area contributed by atoms with E-state index in [9.17, 15) is 9.59 Å². The summed E-state index contributed by atoms with van der Waals surface area (Å²) in [5.41, 5.74) is 0.989. The number of Topliss-reactive ketones (excluding diaryl/α,β-unsaturated/α-hetero) is 1. The number of hydrogen-bond donors (Lipinski definition) is 1. The fraction of sp³-hybridized carbons (Fsp3) is 0.263. The van der Waals surface area contributed by atoms with Crippen molar-refractivity contribution >= 4 is 11.7 Å². The second kappa shape index (κ2) is 8.72. The zero-order valence-corrected chi connectivity index (χ0v) is 13.8. The monoisotopic (exact) mass is 327 g/mol. The Balaban J connectivity index is 1.92. The molecule has 2 rings (SSSR count). The van der Waals surface area contributed by atoms with Gasteiger partial charge in [-0.2, -0.15) is 0 Å². The zero-order valence-electron chi connectivity index (χ0n) is 13.8. The molecule has 0 saturated heterocycles. The van der Waals surface area contributed by atoms with Crippen LogP contribution in [0.25, 0.3) is 0 Å². The van der Waals surface area contributed by atoms with Gasteiger partial charge in [0.1, 0.15) is 0 Å². The van der Waals surface area contributed by atoms with Gasteiger partial charge < -0.3 is 14.8 Å². The van der Waals surface area contributed by atoms with E-state index in [0.717, 1.165) is 5.56 Å². The van der Waals surface area contributed by atoms with Crippen molar-refractivity contribution in [2.45, 2.75) is 19.4 Å². The molecule has 0 saturated carbocycles. The lowest BCUT2D eigenvalue weighted by Crippen LogP contribution is -2.43. The standard InChI is InChI=1S/C19H21NO4/c1-14(21)16(12-15-8-4-3-5-9-15)20-19(22)13-24-18-11-7-6-10-17(18)23-2/h3-11,16H,12-13H2,1-2H3,(H,20,22)/t16-/m1/s1. The smallest absolute Gasteiger partial charge is 0.258 e. The summed E-state index contributed by atoms with van der Waals surface area (Å²) in [6.45, 7) is 1.29. The molecule has 5 heteroatoms. The molecule has 0 bridgehead atoms. The SMILES string of the molecule is COc1ccccc1OCC(=O)N[C@H](Cc1ccccc1)C(C)=O. The van der Waals surface area contributed by atoms with Gasteiger partial charge in [-0.15, -0.1) is 0 Å². The topological polar surface area (TPSA) is 64.6 Å². The molecule has 0 radical (unpaired) electrons. The van der Waals surface area contributed by atoms with Crippen LogP contribution >= 0.6 is 0 Å². The Morgan fingerprint density at radius 1 is 1.00 bits per heavy atom. The number of carbonyl (C=O) groups is 2. The van der Waals surface area contributed by atoms with Gasteiger partial charge in [0.05, 0.1) is 13.2 Å². The van der Waals surface area contributed by atoms with Gasteiger partial charge >= 0.3 is 0 Å². The van der Waals surface area contributed by atoms with Crippen LogP contribution in [-0.2, 0) is 16.0 Å². The summed E-state index contributed by atoms with van der Waals surface area (Å²) in [7, 11) is 1.54. The molecule has 1 N–H and O–H groups in total. The minimum atomic E-state index is -0.568. The zero-order chi connectivity index (χ0) is 17.4. The maximum absolute atomic E-state index is 12.1. The molecule has 0 spiro atoms. The molecule has 0 aliphatic heterocycles. The minimum absolute atomic E-state index is 0.0931. The third kappa shape index (κ3) is 5.12. The van der Waals surface area contributed by atoms with Crippen LogP contribution in [0.15, 0.2) is 54.6 Å². The Morgan fingerprint density at radius 3 is 2.25 bits per heavy atom. The third-order valence-electron chi connectivity index (χ3n) is 3.54. The van der Waals surface area contributed by atoms with E-state index in [1.165, 1.54) is 14.0 Å². The lowest BCUT2D eigenvalue weighted by atomic mass is 10.0. The Hall–Kier alpha value is -2.82. The Labute approximate surface area is 141 Å². The molecular weight excluding hydrogens is 306 g/mol. The van der Waals surface area contributed by atoms with E-state index in [0.29, 0.717) is 17.9 Å². The number of benzene rings is 2. The molecule has 2 aromatic carbocycles.